The van der Waals surface area contributed by atoms with Gasteiger partial charge in [0.25, 0.3) is 0 Å². The molecule has 0 aromatic rings. The van der Waals surface area contributed by atoms with Gasteiger partial charge in [-0.3, -0.25) is 4.79 Å². The number of carbonyl (C=O) groups excluding carboxylic acids is 1. The molecule has 0 spiro atoms. The number of ether oxygens (including phenoxy) is 1. The molecule has 16 heavy (non-hydrogen) atoms. The molecule has 1 rings (SSSR count). The smallest absolute Gasteiger partial charge is 0.306 e. The van der Waals surface area contributed by atoms with Crippen LogP contribution >= 0.6 is 23.5 Å². The number of rotatable bonds is 5. The van der Waals surface area contributed by atoms with Gasteiger partial charge in [0.15, 0.2) is 0 Å². The third-order valence-corrected chi connectivity index (χ3v) is 6.18. The number of allylic oxidation sites excluding steroid dienone is 1. The molecule has 1 fully saturated rings. The summed E-state index contributed by atoms with van der Waals surface area (Å²) in [7, 11) is 1.44. The molecule has 1 heterocycles. The minimum Gasteiger partial charge on any atom is -0.469 e. The van der Waals surface area contributed by atoms with Crippen molar-refractivity contribution in [2.45, 2.75) is 30.8 Å². The summed E-state index contributed by atoms with van der Waals surface area (Å²) in [6.07, 6.45) is 3.28. The minimum absolute atomic E-state index is 0.154. The summed E-state index contributed by atoms with van der Waals surface area (Å²) < 4.78 is 4.96. The molecule has 1 aliphatic rings. The van der Waals surface area contributed by atoms with E-state index in [1.807, 2.05) is 29.6 Å². The van der Waals surface area contributed by atoms with Crippen LogP contribution in [-0.4, -0.2) is 28.7 Å². The van der Waals surface area contributed by atoms with Crippen molar-refractivity contribution >= 4 is 29.5 Å². The lowest BCUT2D eigenvalue weighted by Crippen LogP contribution is -2.27. The molecule has 0 unspecified atom stereocenters. The topological polar surface area (TPSA) is 26.3 Å². The van der Waals surface area contributed by atoms with Crippen LogP contribution in [0, 0.1) is 5.41 Å². The van der Waals surface area contributed by atoms with Gasteiger partial charge in [-0.05, 0) is 18.8 Å². The maximum Gasteiger partial charge on any atom is 0.306 e. The fourth-order valence-electron chi connectivity index (χ4n) is 2.00. The van der Waals surface area contributed by atoms with Crippen LogP contribution in [0.2, 0.25) is 0 Å². The number of hydrogen-bond acceptors (Lipinski definition) is 4. The first-order chi connectivity index (χ1) is 7.43. The summed E-state index contributed by atoms with van der Waals surface area (Å²) >= 11 is 3.97. The van der Waals surface area contributed by atoms with Crippen molar-refractivity contribution in [1.29, 1.82) is 0 Å². The van der Waals surface area contributed by atoms with Gasteiger partial charge in [0.1, 0.15) is 0 Å². The van der Waals surface area contributed by atoms with E-state index in [1.165, 1.54) is 18.6 Å². The average Bonchev–Trinajstić information content (AvgIpc) is 2.64. The van der Waals surface area contributed by atoms with Crippen LogP contribution < -0.4 is 0 Å². The van der Waals surface area contributed by atoms with Gasteiger partial charge >= 0.3 is 5.97 Å². The van der Waals surface area contributed by atoms with Gasteiger partial charge in [-0.25, -0.2) is 0 Å². The van der Waals surface area contributed by atoms with E-state index in [1.54, 1.807) is 0 Å². The molecule has 4 heteroatoms. The maximum atomic E-state index is 11.4. The van der Waals surface area contributed by atoms with E-state index in [-0.39, 0.29) is 15.5 Å². The van der Waals surface area contributed by atoms with Crippen LogP contribution in [-0.2, 0) is 9.53 Å². The summed E-state index contributed by atoms with van der Waals surface area (Å²) in [5.74, 6) is 2.25. The Balaban J connectivity index is 2.65. The van der Waals surface area contributed by atoms with E-state index >= 15 is 0 Å². The standard InChI is InChI=1S/C12H20O2S2/c1-5-11(2,8-10(13)14-4)9-12(3)15-6-7-16-12/h5H,1,6-9H2,2-4H3/t11-/m1/s1. The van der Waals surface area contributed by atoms with Gasteiger partial charge in [0.05, 0.1) is 17.6 Å². The predicted molar refractivity (Wildman–Crippen MR) is 72.9 cm³/mol. The van der Waals surface area contributed by atoms with Gasteiger partial charge in [-0.1, -0.05) is 13.0 Å². The van der Waals surface area contributed by atoms with Crippen molar-refractivity contribution in [3.05, 3.63) is 12.7 Å². The summed E-state index contributed by atoms with van der Waals surface area (Å²) in [6, 6.07) is 0. The van der Waals surface area contributed by atoms with Crippen LogP contribution in [0.5, 0.6) is 0 Å². The zero-order valence-electron chi connectivity index (χ0n) is 10.2. The van der Waals surface area contributed by atoms with Gasteiger partial charge in [0, 0.05) is 11.5 Å². The lowest BCUT2D eigenvalue weighted by atomic mass is 9.82. The van der Waals surface area contributed by atoms with E-state index in [9.17, 15) is 4.79 Å². The second kappa shape index (κ2) is 5.50. The monoisotopic (exact) mass is 260 g/mol. The summed E-state index contributed by atoms with van der Waals surface area (Å²) in [5, 5.41) is 0. The third-order valence-electron chi connectivity index (χ3n) is 2.89. The molecule has 0 bridgehead atoms. The van der Waals surface area contributed by atoms with Crippen LogP contribution in [0.4, 0.5) is 0 Å². The third kappa shape index (κ3) is 3.74. The van der Waals surface area contributed by atoms with Crippen LogP contribution in [0.3, 0.4) is 0 Å². The van der Waals surface area contributed by atoms with Crippen LogP contribution in [0.25, 0.3) is 0 Å². The fraction of sp³-hybridized carbons (Fsp3) is 0.750. The number of hydrogen-bond donors (Lipinski definition) is 0. The zero-order chi connectivity index (χ0) is 12.2. The van der Waals surface area contributed by atoms with Crippen molar-refractivity contribution in [1.82, 2.24) is 0 Å². The molecule has 0 saturated carbocycles. The van der Waals surface area contributed by atoms with Crippen molar-refractivity contribution in [3.8, 4) is 0 Å². The highest BCUT2D eigenvalue weighted by Crippen LogP contribution is 2.51. The largest absolute Gasteiger partial charge is 0.469 e. The Labute approximate surface area is 107 Å². The molecule has 0 aromatic carbocycles. The molecule has 1 atom stereocenters. The first-order valence-electron chi connectivity index (χ1n) is 5.41. The quantitative estimate of drug-likeness (QED) is 0.559. The molecule has 0 amide bonds. The Kier molecular flexibility index (Phi) is 4.80. The van der Waals surface area contributed by atoms with E-state index in [0.29, 0.717) is 6.42 Å². The molecule has 1 aliphatic heterocycles. The predicted octanol–water partition coefficient (Wildman–Crippen LogP) is 3.33. The van der Waals surface area contributed by atoms with E-state index in [4.69, 9.17) is 4.74 Å². The molecule has 1 saturated heterocycles. The maximum absolute atomic E-state index is 11.4. The highest BCUT2D eigenvalue weighted by Gasteiger charge is 2.38. The Bertz CT molecular complexity index is 272. The molecule has 0 radical (unpaired) electrons. The minimum atomic E-state index is -0.161. The Morgan fingerprint density at radius 3 is 2.56 bits per heavy atom. The number of esters is 1. The number of thioether (sulfide) groups is 2. The van der Waals surface area contributed by atoms with E-state index in [2.05, 4.69) is 20.4 Å². The normalized spacial score (nSPS) is 22.4. The Hall–Kier alpha value is -0.0900. The highest BCUT2D eigenvalue weighted by atomic mass is 32.2. The Morgan fingerprint density at radius 2 is 2.12 bits per heavy atom. The van der Waals surface area contributed by atoms with Crippen molar-refractivity contribution in [3.63, 3.8) is 0 Å². The Morgan fingerprint density at radius 1 is 1.56 bits per heavy atom. The van der Waals surface area contributed by atoms with Gasteiger partial charge in [-0.15, -0.1) is 30.1 Å². The van der Waals surface area contributed by atoms with Crippen LogP contribution in [0.15, 0.2) is 12.7 Å². The molecule has 0 aromatic heterocycles. The summed E-state index contributed by atoms with van der Waals surface area (Å²) in [4.78, 5) is 11.4. The molecule has 2 nitrogen and oxygen atoms in total. The number of methoxy groups -OCH3 is 1. The summed E-state index contributed by atoms with van der Waals surface area (Å²) in [5.41, 5.74) is -0.161. The SMILES string of the molecule is C=C[C@](C)(CC(=O)OC)CC1(C)SCCS1. The fourth-order valence-corrected chi connectivity index (χ4v) is 5.23. The summed E-state index contributed by atoms with van der Waals surface area (Å²) in [6.45, 7) is 8.21. The first-order valence-corrected chi connectivity index (χ1v) is 7.38. The van der Waals surface area contributed by atoms with Crippen molar-refractivity contribution in [2.24, 2.45) is 5.41 Å². The first kappa shape index (κ1) is 14.0. The lowest BCUT2D eigenvalue weighted by Gasteiger charge is -2.33. The lowest BCUT2D eigenvalue weighted by molar-refractivity contribution is -0.142. The second-order valence-electron chi connectivity index (χ2n) is 4.62. The molecular weight excluding hydrogens is 240 g/mol. The van der Waals surface area contributed by atoms with E-state index in [0.717, 1.165) is 6.42 Å². The zero-order valence-corrected chi connectivity index (χ0v) is 11.9. The van der Waals surface area contributed by atoms with Crippen molar-refractivity contribution < 1.29 is 9.53 Å². The number of carbonyl (C=O) groups is 1. The van der Waals surface area contributed by atoms with Gasteiger partial charge in [-0.2, -0.15) is 0 Å². The average molecular weight is 260 g/mol. The van der Waals surface area contributed by atoms with Crippen LogP contribution in [0.1, 0.15) is 26.7 Å². The second-order valence-corrected chi connectivity index (χ2v) is 8.07. The van der Waals surface area contributed by atoms with Gasteiger partial charge < -0.3 is 4.74 Å². The molecule has 92 valence electrons. The van der Waals surface area contributed by atoms with E-state index < -0.39 is 0 Å². The van der Waals surface area contributed by atoms with Gasteiger partial charge in [0.2, 0.25) is 0 Å². The molecule has 0 N–H and O–H groups in total. The molecule has 0 aliphatic carbocycles. The highest BCUT2D eigenvalue weighted by molar-refractivity contribution is 8.21. The molecular formula is C12H20O2S2. The van der Waals surface area contributed by atoms with Crippen molar-refractivity contribution in [2.75, 3.05) is 18.6 Å².